The van der Waals surface area contributed by atoms with Crippen molar-refractivity contribution in [1.29, 1.82) is 0 Å². The minimum Gasteiger partial charge on any atom is -0.383 e. The second-order valence-corrected chi connectivity index (χ2v) is 4.76. The zero-order chi connectivity index (χ0) is 9.97. The molecule has 0 aromatic carbocycles. The average molecular weight is 225 g/mol. The monoisotopic (exact) mass is 225 g/mol. The molecule has 0 radical (unpaired) electrons. The molecule has 3 N–H and O–H groups in total. The molecule has 74 valence electrons. The molecule has 0 saturated carbocycles. The first-order chi connectivity index (χ1) is 6.77. The van der Waals surface area contributed by atoms with Gasteiger partial charge in [-0.1, -0.05) is 6.07 Å². The van der Waals surface area contributed by atoms with Crippen molar-refractivity contribution >= 4 is 33.7 Å². The summed E-state index contributed by atoms with van der Waals surface area (Å²) in [5.74, 6) is 0.628. The molecule has 0 saturated heterocycles. The van der Waals surface area contributed by atoms with E-state index in [1.165, 1.54) is 16.4 Å². The highest BCUT2D eigenvalue weighted by Gasteiger charge is 2.05. The first kappa shape index (κ1) is 9.48. The van der Waals surface area contributed by atoms with Crippen LogP contribution in [0.4, 0.5) is 10.8 Å². The van der Waals surface area contributed by atoms with Crippen LogP contribution in [0.5, 0.6) is 0 Å². The molecule has 5 heteroatoms. The van der Waals surface area contributed by atoms with Crippen molar-refractivity contribution in [3.63, 3.8) is 0 Å². The topological polar surface area (TPSA) is 50.9 Å². The predicted molar refractivity (Wildman–Crippen MR) is 62.9 cm³/mol. The number of nitrogens with zero attached hydrogens (tertiary/aromatic N) is 1. The summed E-state index contributed by atoms with van der Waals surface area (Å²) < 4.78 is 4.08. The van der Waals surface area contributed by atoms with E-state index in [1.54, 1.807) is 11.3 Å². The van der Waals surface area contributed by atoms with Crippen molar-refractivity contribution in [2.75, 3.05) is 11.1 Å². The first-order valence-electron chi connectivity index (χ1n) is 4.25. The predicted octanol–water partition coefficient (Wildman–Crippen LogP) is 2.71. The minimum atomic E-state index is 0.628. The maximum Gasteiger partial charge on any atom is 0.142 e. The molecule has 2 rings (SSSR count). The number of nitrogens with one attached hydrogen (secondary N) is 1. The van der Waals surface area contributed by atoms with Crippen LogP contribution in [0.15, 0.2) is 17.5 Å². The smallest absolute Gasteiger partial charge is 0.142 e. The fourth-order valence-electron chi connectivity index (χ4n) is 1.09. The molecule has 14 heavy (non-hydrogen) atoms. The Morgan fingerprint density at radius 3 is 3.00 bits per heavy atom. The number of hydrogen-bond acceptors (Lipinski definition) is 5. The van der Waals surface area contributed by atoms with Crippen LogP contribution in [-0.2, 0) is 6.54 Å². The molecule has 0 unspecified atom stereocenters. The van der Waals surface area contributed by atoms with E-state index in [0.29, 0.717) is 5.82 Å². The summed E-state index contributed by atoms with van der Waals surface area (Å²) >= 11 is 3.16. The van der Waals surface area contributed by atoms with Crippen molar-refractivity contribution in [1.82, 2.24) is 4.37 Å². The van der Waals surface area contributed by atoms with Crippen LogP contribution in [0.1, 0.15) is 10.4 Å². The van der Waals surface area contributed by atoms with E-state index in [0.717, 1.165) is 17.1 Å². The van der Waals surface area contributed by atoms with Gasteiger partial charge in [0.15, 0.2) is 0 Å². The maximum atomic E-state index is 5.65. The molecule has 2 aromatic heterocycles. The van der Waals surface area contributed by atoms with E-state index in [2.05, 4.69) is 27.2 Å². The average Bonchev–Trinajstić information content (AvgIpc) is 2.77. The summed E-state index contributed by atoms with van der Waals surface area (Å²) in [7, 11) is 0. The van der Waals surface area contributed by atoms with Gasteiger partial charge in [-0.3, -0.25) is 0 Å². The van der Waals surface area contributed by atoms with Crippen LogP contribution in [-0.4, -0.2) is 4.37 Å². The molecule has 2 heterocycles. The van der Waals surface area contributed by atoms with Crippen LogP contribution < -0.4 is 11.1 Å². The van der Waals surface area contributed by atoms with Crippen LogP contribution >= 0.6 is 22.9 Å². The van der Waals surface area contributed by atoms with Crippen molar-refractivity contribution in [2.24, 2.45) is 0 Å². The molecule has 3 nitrogen and oxygen atoms in total. The number of anilines is 2. The van der Waals surface area contributed by atoms with Crippen molar-refractivity contribution in [3.8, 4) is 0 Å². The lowest BCUT2D eigenvalue weighted by atomic mass is 10.3. The quantitative estimate of drug-likeness (QED) is 0.844. The Bertz CT molecular complexity index is 406. The number of rotatable bonds is 3. The van der Waals surface area contributed by atoms with E-state index in [9.17, 15) is 0 Å². The summed E-state index contributed by atoms with van der Waals surface area (Å²) in [6.07, 6.45) is 0. The number of nitrogen functional groups attached to an aromatic ring is 1. The fourth-order valence-corrected chi connectivity index (χ4v) is 2.44. The Morgan fingerprint density at radius 2 is 2.43 bits per heavy atom. The number of aromatic nitrogens is 1. The molecule has 0 spiro atoms. The Morgan fingerprint density at radius 1 is 1.57 bits per heavy atom. The van der Waals surface area contributed by atoms with Gasteiger partial charge in [-0.05, 0) is 29.9 Å². The van der Waals surface area contributed by atoms with Crippen LogP contribution in [0.3, 0.4) is 0 Å². The van der Waals surface area contributed by atoms with Crippen LogP contribution in [0.2, 0.25) is 0 Å². The van der Waals surface area contributed by atoms with E-state index in [1.807, 2.05) is 6.92 Å². The summed E-state index contributed by atoms with van der Waals surface area (Å²) in [6, 6.07) is 4.16. The second-order valence-electron chi connectivity index (χ2n) is 2.95. The van der Waals surface area contributed by atoms with Crippen molar-refractivity contribution < 1.29 is 0 Å². The van der Waals surface area contributed by atoms with Crippen molar-refractivity contribution in [2.45, 2.75) is 13.5 Å². The lowest BCUT2D eigenvalue weighted by Gasteiger charge is -2.01. The SMILES string of the molecule is Cc1c(N)nsc1NCc1cccs1. The third-order valence-electron chi connectivity index (χ3n) is 1.96. The van der Waals surface area contributed by atoms with Gasteiger partial charge >= 0.3 is 0 Å². The Hall–Kier alpha value is -1.07. The lowest BCUT2D eigenvalue weighted by molar-refractivity contribution is 1.20. The molecular formula is C9H11N3S2. The normalized spacial score (nSPS) is 10.4. The third-order valence-corrected chi connectivity index (χ3v) is 3.76. The molecule has 0 aliphatic rings. The zero-order valence-corrected chi connectivity index (χ0v) is 9.41. The van der Waals surface area contributed by atoms with E-state index in [4.69, 9.17) is 5.73 Å². The lowest BCUT2D eigenvalue weighted by Crippen LogP contribution is -1.97. The fraction of sp³-hybridized carbons (Fsp3) is 0.222. The maximum absolute atomic E-state index is 5.65. The molecule has 0 fully saturated rings. The highest BCUT2D eigenvalue weighted by molar-refractivity contribution is 7.11. The summed E-state index contributed by atoms with van der Waals surface area (Å²) in [5.41, 5.74) is 6.70. The van der Waals surface area contributed by atoms with Gasteiger partial charge in [-0.2, -0.15) is 4.37 Å². The summed E-state index contributed by atoms with van der Waals surface area (Å²) in [4.78, 5) is 1.32. The van der Waals surface area contributed by atoms with E-state index in [-0.39, 0.29) is 0 Å². The molecule has 0 atom stereocenters. The Kier molecular flexibility index (Phi) is 2.69. The van der Waals surface area contributed by atoms with Gasteiger partial charge in [0.1, 0.15) is 10.8 Å². The van der Waals surface area contributed by atoms with Gasteiger partial charge in [-0.15, -0.1) is 11.3 Å². The Labute approximate surface area is 90.7 Å². The highest BCUT2D eigenvalue weighted by atomic mass is 32.1. The summed E-state index contributed by atoms with van der Waals surface area (Å²) in [6.45, 7) is 2.83. The second kappa shape index (κ2) is 3.98. The van der Waals surface area contributed by atoms with Gasteiger partial charge in [-0.25, -0.2) is 0 Å². The summed E-state index contributed by atoms with van der Waals surface area (Å²) in [5, 5.41) is 6.46. The largest absolute Gasteiger partial charge is 0.383 e. The molecule has 0 aliphatic heterocycles. The van der Waals surface area contributed by atoms with Crippen LogP contribution in [0, 0.1) is 6.92 Å². The minimum absolute atomic E-state index is 0.628. The first-order valence-corrected chi connectivity index (χ1v) is 5.90. The number of hydrogen-bond donors (Lipinski definition) is 2. The standard InChI is InChI=1S/C9H11N3S2/c1-6-8(10)12-14-9(6)11-5-7-3-2-4-13-7/h2-4,11H,5H2,1H3,(H2,10,12). The Balaban J connectivity index is 2.02. The van der Waals surface area contributed by atoms with E-state index >= 15 is 0 Å². The molecule has 2 aromatic rings. The highest BCUT2D eigenvalue weighted by Crippen LogP contribution is 2.26. The molecular weight excluding hydrogens is 214 g/mol. The van der Waals surface area contributed by atoms with Gasteiger partial charge in [0.05, 0.1) is 6.54 Å². The van der Waals surface area contributed by atoms with Gasteiger partial charge in [0.2, 0.25) is 0 Å². The number of nitrogens with two attached hydrogens (primary N) is 1. The van der Waals surface area contributed by atoms with Gasteiger partial charge in [0, 0.05) is 10.4 Å². The van der Waals surface area contributed by atoms with Gasteiger partial charge in [0.25, 0.3) is 0 Å². The van der Waals surface area contributed by atoms with E-state index < -0.39 is 0 Å². The molecule has 0 aliphatic carbocycles. The molecule has 0 amide bonds. The number of thiophene rings is 1. The molecule has 0 bridgehead atoms. The van der Waals surface area contributed by atoms with Crippen LogP contribution in [0.25, 0.3) is 0 Å². The van der Waals surface area contributed by atoms with Gasteiger partial charge < -0.3 is 11.1 Å². The zero-order valence-electron chi connectivity index (χ0n) is 7.78. The third kappa shape index (κ3) is 1.88. The van der Waals surface area contributed by atoms with Crippen molar-refractivity contribution in [3.05, 3.63) is 28.0 Å².